The Labute approximate surface area is 157 Å². The van der Waals surface area contributed by atoms with Crippen molar-refractivity contribution in [3.05, 3.63) is 46.2 Å². The van der Waals surface area contributed by atoms with Crippen LogP contribution in [0.2, 0.25) is 5.02 Å². The van der Waals surface area contributed by atoms with Crippen LogP contribution in [0, 0.1) is 6.92 Å². The summed E-state index contributed by atoms with van der Waals surface area (Å²) >= 11 is 5.90. The van der Waals surface area contributed by atoms with Crippen LogP contribution in [-0.2, 0) is 22.4 Å². The van der Waals surface area contributed by atoms with Crippen LogP contribution in [0.4, 0.5) is 18.9 Å². The minimum atomic E-state index is -4.54. The molecule has 1 amide bonds. The van der Waals surface area contributed by atoms with Gasteiger partial charge in [-0.15, -0.1) is 0 Å². The molecule has 0 bridgehead atoms. The molecule has 2 heterocycles. The number of aromatic nitrogens is 2. The van der Waals surface area contributed by atoms with E-state index in [1.807, 2.05) is 20.0 Å². The zero-order chi connectivity index (χ0) is 19.8. The van der Waals surface area contributed by atoms with Gasteiger partial charge < -0.3 is 10.2 Å². The maximum atomic E-state index is 12.8. The highest BCUT2D eigenvalue weighted by atomic mass is 35.5. The molecule has 0 saturated heterocycles. The standard InChI is InChI=1S/C17H16ClF3N4O2/c1-3-25-8-11(9(2)23-25)13-7-15(27-24-13)16(26)22-14-6-10(17(19,20)21)4-5-12(14)18/h4-6,8,15H,3,7H2,1-2H3,(H,22,26). The summed E-state index contributed by atoms with van der Waals surface area (Å²) in [6, 6.07) is 2.71. The molecule has 6 nitrogen and oxygen atoms in total. The molecule has 2 aromatic rings. The van der Waals surface area contributed by atoms with Gasteiger partial charge in [-0.3, -0.25) is 9.48 Å². The van der Waals surface area contributed by atoms with Crippen molar-refractivity contribution >= 4 is 28.9 Å². The van der Waals surface area contributed by atoms with E-state index in [1.54, 1.807) is 4.68 Å². The minimum absolute atomic E-state index is 0.00412. The molecule has 0 radical (unpaired) electrons. The number of carbonyl (C=O) groups is 1. The van der Waals surface area contributed by atoms with Gasteiger partial charge >= 0.3 is 6.18 Å². The topological polar surface area (TPSA) is 68.5 Å². The van der Waals surface area contributed by atoms with Crippen molar-refractivity contribution in [1.82, 2.24) is 9.78 Å². The Morgan fingerprint density at radius 1 is 1.44 bits per heavy atom. The molecule has 144 valence electrons. The zero-order valence-electron chi connectivity index (χ0n) is 14.5. The number of nitrogens with zero attached hydrogens (tertiary/aromatic N) is 3. The second-order valence-corrected chi connectivity index (χ2v) is 6.41. The van der Waals surface area contributed by atoms with Crippen molar-refractivity contribution in [2.75, 3.05) is 5.32 Å². The highest BCUT2D eigenvalue weighted by Gasteiger charge is 2.33. The number of halogens is 4. The number of benzene rings is 1. The Balaban J connectivity index is 1.71. The molecule has 0 spiro atoms. The van der Waals surface area contributed by atoms with E-state index < -0.39 is 23.8 Å². The number of hydrogen-bond acceptors (Lipinski definition) is 4. The smallest absolute Gasteiger partial charge is 0.382 e. The molecule has 1 aromatic carbocycles. The first kappa shape index (κ1) is 19.2. The second-order valence-electron chi connectivity index (χ2n) is 6.00. The Kier molecular flexibility index (Phi) is 5.14. The summed E-state index contributed by atoms with van der Waals surface area (Å²) in [6.07, 6.45) is -3.52. The van der Waals surface area contributed by atoms with Crippen molar-refractivity contribution in [2.24, 2.45) is 5.16 Å². The van der Waals surface area contributed by atoms with Gasteiger partial charge in [-0.2, -0.15) is 18.3 Å². The zero-order valence-corrected chi connectivity index (χ0v) is 15.2. The lowest BCUT2D eigenvalue weighted by Crippen LogP contribution is -2.28. The van der Waals surface area contributed by atoms with Crippen LogP contribution in [0.25, 0.3) is 0 Å². The van der Waals surface area contributed by atoms with Gasteiger partial charge in [-0.05, 0) is 32.0 Å². The van der Waals surface area contributed by atoms with Gasteiger partial charge in [0.2, 0.25) is 6.10 Å². The Morgan fingerprint density at radius 3 is 2.81 bits per heavy atom. The second kappa shape index (κ2) is 7.22. The predicted molar refractivity (Wildman–Crippen MR) is 93.7 cm³/mol. The van der Waals surface area contributed by atoms with Crippen LogP contribution in [0.15, 0.2) is 29.6 Å². The fraction of sp³-hybridized carbons (Fsp3) is 0.353. The van der Waals surface area contributed by atoms with Gasteiger partial charge in [0.1, 0.15) is 0 Å². The van der Waals surface area contributed by atoms with E-state index in [4.69, 9.17) is 16.4 Å². The molecule has 1 aliphatic heterocycles. The maximum absolute atomic E-state index is 12.8. The number of carbonyl (C=O) groups excluding carboxylic acids is 1. The lowest BCUT2D eigenvalue weighted by atomic mass is 10.1. The van der Waals surface area contributed by atoms with Crippen LogP contribution in [0.5, 0.6) is 0 Å². The van der Waals surface area contributed by atoms with Gasteiger partial charge in [0, 0.05) is 24.7 Å². The molecule has 27 heavy (non-hydrogen) atoms. The van der Waals surface area contributed by atoms with Gasteiger partial charge in [0.15, 0.2) is 0 Å². The molecular weight excluding hydrogens is 385 g/mol. The molecule has 1 N–H and O–H groups in total. The van der Waals surface area contributed by atoms with E-state index in [-0.39, 0.29) is 17.1 Å². The third-order valence-electron chi connectivity index (χ3n) is 4.09. The molecule has 1 atom stereocenters. The van der Waals surface area contributed by atoms with Gasteiger partial charge in [0.05, 0.1) is 27.7 Å². The monoisotopic (exact) mass is 400 g/mol. The van der Waals surface area contributed by atoms with Crippen molar-refractivity contribution < 1.29 is 22.8 Å². The highest BCUT2D eigenvalue weighted by Crippen LogP contribution is 2.34. The summed E-state index contributed by atoms with van der Waals surface area (Å²) in [7, 11) is 0. The summed E-state index contributed by atoms with van der Waals surface area (Å²) in [4.78, 5) is 17.5. The molecule has 3 rings (SSSR count). The largest absolute Gasteiger partial charge is 0.416 e. The molecule has 0 aliphatic carbocycles. The first-order valence-electron chi connectivity index (χ1n) is 8.13. The third-order valence-corrected chi connectivity index (χ3v) is 4.42. The fourth-order valence-electron chi connectivity index (χ4n) is 2.65. The van der Waals surface area contributed by atoms with Crippen molar-refractivity contribution in [2.45, 2.75) is 39.1 Å². The average molecular weight is 401 g/mol. The van der Waals surface area contributed by atoms with Crippen LogP contribution in [-0.4, -0.2) is 27.5 Å². The first-order valence-corrected chi connectivity index (χ1v) is 8.51. The van der Waals surface area contributed by atoms with E-state index >= 15 is 0 Å². The quantitative estimate of drug-likeness (QED) is 0.843. The summed E-state index contributed by atoms with van der Waals surface area (Å²) < 4.78 is 40.3. The normalized spacial score (nSPS) is 16.8. The third kappa shape index (κ3) is 4.08. The summed E-state index contributed by atoms with van der Waals surface area (Å²) in [6.45, 7) is 4.45. The number of aryl methyl sites for hydroxylation is 2. The van der Waals surface area contributed by atoms with Crippen LogP contribution in [0.1, 0.15) is 30.2 Å². The van der Waals surface area contributed by atoms with E-state index in [0.717, 1.165) is 29.5 Å². The number of alkyl halides is 3. The van der Waals surface area contributed by atoms with Crippen molar-refractivity contribution in [1.29, 1.82) is 0 Å². The van der Waals surface area contributed by atoms with Crippen LogP contribution < -0.4 is 5.32 Å². The molecule has 1 aromatic heterocycles. The molecule has 0 fully saturated rings. The Hall–Kier alpha value is -2.55. The average Bonchev–Trinajstić information content (AvgIpc) is 3.22. The fourth-order valence-corrected chi connectivity index (χ4v) is 2.82. The van der Waals surface area contributed by atoms with Gasteiger partial charge in [-0.25, -0.2) is 0 Å². The highest BCUT2D eigenvalue weighted by molar-refractivity contribution is 6.33. The number of nitrogens with one attached hydrogen (secondary N) is 1. The van der Waals surface area contributed by atoms with E-state index in [0.29, 0.717) is 12.3 Å². The number of hydrogen-bond donors (Lipinski definition) is 1. The first-order chi connectivity index (χ1) is 12.7. The minimum Gasteiger partial charge on any atom is -0.382 e. The van der Waals surface area contributed by atoms with Gasteiger partial charge in [0.25, 0.3) is 5.91 Å². The summed E-state index contributed by atoms with van der Waals surface area (Å²) in [5.41, 5.74) is 1.03. The number of anilines is 1. The predicted octanol–water partition coefficient (Wildman–Crippen LogP) is 4.02. The SMILES string of the molecule is CCn1cc(C2=NOC(C(=O)Nc3cc(C(F)(F)F)ccc3Cl)C2)c(C)n1. The number of amides is 1. The van der Waals surface area contributed by atoms with Crippen molar-refractivity contribution in [3.63, 3.8) is 0 Å². The maximum Gasteiger partial charge on any atom is 0.416 e. The summed E-state index contributed by atoms with van der Waals surface area (Å²) in [5, 5.41) is 10.6. The van der Waals surface area contributed by atoms with E-state index in [2.05, 4.69) is 15.6 Å². The molecule has 0 saturated carbocycles. The molecule has 10 heteroatoms. The van der Waals surface area contributed by atoms with Crippen molar-refractivity contribution in [3.8, 4) is 0 Å². The molecule has 1 unspecified atom stereocenters. The Morgan fingerprint density at radius 2 is 2.19 bits per heavy atom. The number of oxime groups is 1. The molecule has 1 aliphatic rings. The van der Waals surface area contributed by atoms with Crippen LogP contribution in [0.3, 0.4) is 0 Å². The lowest BCUT2D eigenvalue weighted by molar-refractivity contribution is -0.137. The Bertz CT molecular complexity index is 908. The molecular formula is C17H16ClF3N4O2. The lowest BCUT2D eigenvalue weighted by Gasteiger charge is -2.13. The summed E-state index contributed by atoms with van der Waals surface area (Å²) in [5.74, 6) is -0.629. The van der Waals surface area contributed by atoms with Crippen LogP contribution >= 0.6 is 11.6 Å². The number of rotatable bonds is 4. The van der Waals surface area contributed by atoms with E-state index in [1.165, 1.54) is 0 Å². The van der Waals surface area contributed by atoms with E-state index in [9.17, 15) is 18.0 Å². The van der Waals surface area contributed by atoms with Gasteiger partial charge in [-0.1, -0.05) is 16.8 Å².